The quantitative estimate of drug-likeness (QED) is 0.580. The van der Waals surface area contributed by atoms with Gasteiger partial charge in [-0.05, 0) is 38.5 Å². The average molecular weight is 389 g/mol. The summed E-state index contributed by atoms with van der Waals surface area (Å²) in [4.78, 5) is 12.4. The minimum Gasteiger partial charge on any atom is -0.457 e. The number of ether oxygens (including phenoxy) is 2. The number of nitriles is 2. The van der Waals surface area contributed by atoms with Gasteiger partial charge >= 0.3 is 6.09 Å². The van der Waals surface area contributed by atoms with Crippen LogP contribution in [0.4, 0.5) is 4.79 Å². The molecule has 0 spiro atoms. The van der Waals surface area contributed by atoms with Gasteiger partial charge in [-0.25, -0.2) is 4.79 Å². The maximum absolute atomic E-state index is 12.4. The van der Waals surface area contributed by atoms with Gasteiger partial charge in [0.05, 0.1) is 6.04 Å². The smallest absolute Gasteiger partial charge is 0.408 e. The minimum atomic E-state index is -0.776. The van der Waals surface area contributed by atoms with Crippen LogP contribution in [-0.2, 0) is 11.2 Å². The van der Waals surface area contributed by atoms with Crippen molar-refractivity contribution in [2.75, 3.05) is 0 Å². The van der Waals surface area contributed by atoms with E-state index in [2.05, 4.69) is 5.32 Å². The molecule has 2 aromatic carbocycles. The molecule has 0 bridgehead atoms. The summed E-state index contributed by atoms with van der Waals surface area (Å²) in [5, 5.41) is 21.7. The van der Waals surface area contributed by atoms with Gasteiger partial charge in [0.15, 0.2) is 11.3 Å². The normalized spacial score (nSPS) is 11.3. The van der Waals surface area contributed by atoms with Gasteiger partial charge in [0, 0.05) is 6.42 Å². The zero-order chi connectivity index (χ0) is 21.3. The van der Waals surface area contributed by atoms with Crippen molar-refractivity contribution in [1.29, 1.82) is 10.5 Å². The Kier molecular flexibility index (Phi) is 7.40. The van der Waals surface area contributed by atoms with Gasteiger partial charge in [-0.3, -0.25) is 0 Å². The van der Waals surface area contributed by atoms with Crippen molar-refractivity contribution >= 4 is 6.09 Å². The van der Waals surface area contributed by atoms with Gasteiger partial charge in [-0.1, -0.05) is 48.5 Å². The van der Waals surface area contributed by atoms with Crippen molar-refractivity contribution in [3.8, 4) is 17.9 Å². The number of benzene rings is 2. The van der Waals surface area contributed by atoms with E-state index in [4.69, 9.17) is 9.47 Å². The predicted molar refractivity (Wildman–Crippen MR) is 109 cm³/mol. The van der Waals surface area contributed by atoms with Gasteiger partial charge in [-0.15, -0.1) is 0 Å². The number of allylic oxidation sites excluding steroid dienone is 1. The molecule has 0 aromatic heterocycles. The number of amides is 1. The van der Waals surface area contributed by atoms with Crippen molar-refractivity contribution in [2.24, 2.45) is 0 Å². The lowest BCUT2D eigenvalue weighted by atomic mass is 10.0. The first-order valence-corrected chi connectivity index (χ1v) is 9.13. The molecule has 0 fully saturated rings. The van der Waals surface area contributed by atoms with Crippen molar-refractivity contribution in [2.45, 2.75) is 38.8 Å². The molecule has 0 saturated heterocycles. The van der Waals surface area contributed by atoms with Gasteiger partial charge in [-0.2, -0.15) is 10.5 Å². The lowest BCUT2D eigenvalue weighted by molar-refractivity contribution is 0.0503. The standard InChI is InChI=1S/C23H23N3O3/c1-23(2,3)29-22(27)26-20(14-17-10-6-4-7-11-17)21(18(15-24)16-25)28-19-12-8-5-9-13-19/h4-13,20H,14H2,1-3H3,(H,26,27)/t20-/m0/s1. The lowest BCUT2D eigenvalue weighted by Gasteiger charge is -2.25. The van der Waals surface area contributed by atoms with Crippen molar-refractivity contribution in [1.82, 2.24) is 5.32 Å². The van der Waals surface area contributed by atoms with Crippen molar-refractivity contribution in [3.05, 3.63) is 77.6 Å². The lowest BCUT2D eigenvalue weighted by Crippen LogP contribution is -2.42. The molecule has 0 aliphatic carbocycles. The summed E-state index contributed by atoms with van der Waals surface area (Å²) in [7, 11) is 0. The summed E-state index contributed by atoms with van der Waals surface area (Å²) in [6.45, 7) is 5.27. The Morgan fingerprint density at radius 2 is 1.55 bits per heavy atom. The summed E-state index contributed by atoms with van der Waals surface area (Å²) in [6.07, 6.45) is -0.349. The number of para-hydroxylation sites is 1. The Morgan fingerprint density at radius 1 is 1.00 bits per heavy atom. The second kappa shape index (κ2) is 9.96. The molecular weight excluding hydrogens is 366 g/mol. The number of hydrogen-bond donors (Lipinski definition) is 1. The maximum Gasteiger partial charge on any atom is 0.408 e. The van der Waals surface area contributed by atoms with Crippen LogP contribution in [0, 0.1) is 22.7 Å². The molecule has 0 saturated carbocycles. The molecule has 2 aromatic rings. The Hall–Kier alpha value is -3.77. The fourth-order valence-electron chi connectivity index (χ4n) is 2.56. The van der Waals surface area contributed by atoms with Crippen LogP contribution in [0.3, 0.4) is 0 Å². The number of hydrogen-bond acceptors (Lipinski definition) is 5. The molecule has 1 atom stereocenters. The van der Waals surface area contributed by atoms with Crippen LogP contribution in [-0.4, -0.2) is 17.7 Å². The first-order chi connectivity index (χ1) is 13.8. The van der Waals surface area contributed by atoms with Crippen molar-refractivity contribution in [3.63, 3.8) is 0 Å². The topological polar surface area (TPSA) is 95.1 Å². The van der Waals surface area contributed by atoms with Crippen LogP contribution >= 0.6 is 0 Å². The van der Waals surface area contributed by atoms with E-state index in [0.717, 1.165) is 5.56 Å². The van der Waals surface area contributed by atoms with E-state index in [1.165, 1.54) is 0 Å². The molecule has 0 aliphatic rings. The fourth-order valence-corrected chi connectivity index (χ4v) is 2.56. The summed E-state index contributed by atoms with van der Waals surface area (Å²) >= 11 is 0. The second-order valence-corrected chi connectivity index (χ2v) is 7.27. The Balaban J connectivity index is 2.42. The highest BCUT2D eigenvalue weighted by molar-refractivity contribution is 5.69. The zero-order valence-electron chi connectivity index (χ0n) is 16.7. The summed E-state index contributed by atoms with van der Waals surface area (Å²) in [5.41, 5.74) is -0.0115. The van der Waals surface area contributed by atoms with E-state index in [-0.39, 0.29) is 11.3 Å². The van der Waals surface area contributed by atoms with E-state index < -0.39 is 17.7 Å². The van der Waals surface area contributed by atoms with Crippen LogP contribution in [0.1, 0.15) is 26.3 Å². The third-order valence-electron chi connectivity index (χ3n) is 3.73. The van der Waals surface area contributed by atoms with Crippen LogP contribution in [0.15, 0.2) is 72.0 Å². The highest BCUT2D eigenvalue weighted by Crippen LogP contribution is 2.21. The summed E-state index contributed by atoms with van der Waals surface area (Å²) in [6, 6.07) is 21.1. The number of rotatable bonds is 6. The van der Waals surface area contributed by atoms with E-state index >= 15 is 0 Å². The molecule has 6 heteroatoms. The van der Waals surface area contributed by atoms with Crippen LogP contribution < -0.4 is 10.1 Å². The van der Waals surface area contributed by atoms with Gasteiger partial charge in [0.25, 0.3) is 0 Å². The van der Waals surface area contributed by atoms with Crippen LogP contribution in [0.2, 0.25) is 0 Å². The fraction of sp³-hybridized carbons (Fsp3) is 0.261. The van der Waals surface area contributed by atoms with Crippen LogP contribution in [0.25, 0.3) is 0 Å². The predicted octanol–water partition coefficient (Wildman–Crippen LogP) is 4.50. The molecule has 2 rings (SSSR count). The number of carbonyl (C=O) groups excluding carboxylic acids is 1. The third-order valence-corrected chi connectivity index (χ3v) is 3.73. The second-order valence-electron chi connectivity index (χ2n) is 7.27. The third kappa shape index (κ3) is 7.04. The minimum absolute atomic E-state index is 0.0657. The highest BCUT2D eigenvalue weighted by atomic mass is 16.6. The van der Waals surface area contributed by atoms with Gasteiger partial charge in [0.1, 0.15) is 23.5 Å². The molecule has 6 nitrogen and oxygen atoms in total. The maximum atomic E-state index is 12.4. The average Bonchev–Trinajstić information content (AvgIpc) is 2.68. The molecule has 0 aliphatic heterocycles. The monoisotopic (exact) mass is 389 g/mol. The first-order valence-electron chi connectivity index (χ1n) is 9.13. The highest BCUT2D eigenvalue weighted by Gasteiger charge is 2.26. The van der Waals surface area contributed by atoms with E-state index in [1.54, 1.807) is 45.0 Å². The molecule has 1 N–H and O–H groups in total. The summed E-state index contributed by atoms with van der Waals surface area (Å²) < 4.78 is 11.2. The number of carbonyl (C=O) groups is 1. The SMILES string of the molecule is CC(C)(C)OC(=O)N[C@@H](Cc1ccccc1)C(Oc1ccccc1)=C(C#N)C#N. The largest absolute Gasteiger partial charge is 0.457 e. The summed E-state index contributed by atoms with van der Waals surface area (Å²) in [5.74, 6) is 0.519. The number of nitrogens with zero attached hydrogens (tertiary/aromatic N) is 2. The number of nitrogens with one attached hydrogen (secondary N) is 1. The number of alkyl carbamates (subject to hydrolysis) is 1. The van der Waals surface area contributed by atoms with E-state index in [0.29, 0.717) is 12.2 Å². The van der Waals surface area contributed by atoms with Gasteiger partial charge in [0.2, 0.25) is 0 Å². The van der Waals surface area contributed by atoms with E-state index in [9.17, 15) is 15.3 Å². The Bertz CT molecular complexity index is 917. The van der Waals surface area contributed by atoms with Crippen molar-refractivity contribution < 1.29 is 14.3 Å². The van der Waals surface area contributed by atoms with Gasteiger partial charge < -0.3 is 14.8 Å². The molecular formula is C23H23N3O3. The molecule has 1 amide bonds. The zero-order valence-corrected chi connectivity index (χ0v) is 16.7. The first kappa shape index (κ1) is 21.5. The molecule has 0 heterocycles. The Labute approximate surface area is 171 Å². The van der Waals surface area contributed by atoms with Crippen LogP contribution in [0.5, 0.6) is 5.75 Å². The van der Waals surface area contributed by atoms with E-state index in [1.807, 2.05) is 48.5 Å². The Morgan fingerprint density at radius 3 is 2.07 bits per heavy atom. The molecule has 0 radical (unpaired) electrons. The molecule has 0 unspecified atom stereocenters. The molecule has 29 heavy (non-hydrogen) atoms. The molecule has 148 valence electrons.